The van der Waals surface area contributed by atoms with E-state index in [0.29, 0.717) is 57.2 Å². The zero-order valence-electron chi connectivity index (χ0n) is 20.1. The van der Waals surface area contributed by atoms with E-state index in [9.17, 15) is 9.59 Å². The van der Waals surface area contributed by atoms with Crippen molar-refractivity contribution in [3.8, 4) is 16.9 Å². The molecule has 12 nitrogen and oxygen atoms in total. The third-order valence-electron chi connectivity index (χ3n) is 5.37. The number of hydrogen-bond donors (Lipinski definition) is 4. The summed E-state index contributed by atoms with van der Waals surface area (Å²) < 4.78 is 6.06. The first-order valence-corrected chi connectivity index (χ1v) is 12.1. The standard InChI is InChI=1S/C24H23Cl2N9O3/c1-38-24(37)29-17-6-2-14(3-7-17)21-22(26)32-23(31-21)18(10-11-27)30-20(36)9-4-15-12-16(25)5-8-19(15)35-13-28-33-34-35/h2-9,12-13,18H,10-11,27H2,1H3,(H,29,37)(H,30,36)(H,31,32)/b9-4+. The second kappa shape index (κ2) is 12.3. The lowest BCUT2D eigenvalue weighted by molar-refractivity contribution is -0.117. The summed E-state index contributed by atoms with van der Waals surface area (Å²) in [5.41, 5.74) is 8.84. The topological polar surface area (TPSA) is 166 Å². The SMILES string of the molecule is COC(=O)Nc1ccc(-c2nc(C(CCN)NC(=O)/C=C/c3cc(Cl)ccc3-n3cnnn3)[nH]c2Cl)cc1. The van der Waals surface area contributed by atoms with Gasteiger partial charge in [-0.25, -0.2) is 9.78 Å². The predicted octanol–water partition coefficient (Wildman–Crippen LogP) is 3.76. The monoisotopic (exact) mass is 555 g/mol. The number of halogens is 2. The fourth-order valence-electron chi connectivity index (χ4n) is 3.57. The molecular weight excluding hydrogens is 533 g/mol. The van der Waals surface area contributed by atoms with E-state index in [1.54, 1.807) is 48.5 Å². The Kier molecular flexibility index (Phi) is 8.69. The van der Waals surface area contributed by atoms with Crippen LogP contribution >= 0.6 is 23.2 Å². The lowest BCUT2D eigenvalue weighted by atomic mass is 10.1. The van der Waals surface area contributed by atoms with Gasteiger partial charge in [-0.05, 0) is 59.8 Å². The van der Waals surface area contributed by atoms with Gasteiger partial charge in [-0.3, -0.25) is 10.1 Å². The van der Waals surface area contributed by atoms with E-state index in [-0.39, 0.29) is 5.91 Å². The zero-order valence-corrected chi connectivity index (χ0v) is 21.6. The number of ether oxygens (including phenoxy) is 1. The average molecular weight is 556 g/mol. The molecule has 4 aromatic rings. The number of nitrogens with two attached hydrogens (primary N) is 1. The Labute approximate surface area is 227 Å². The Morgan fingerprint density at radius 3 is 2.68 bits per heavy atom. The van der Waals surface area contributed by atoms with Crippen molar-refractivity contribution in [2.24, 2.45) is 5.73 Å². The van der Waals surface area contributed by atoms with E-state index >= 15 is 0 Å². The van der Waals surface area contributed by atoms with Crippen molar-refractivity contribution in [3.63, 3.8) is 0 Å². The number of tetrazole rings is 1. The number of amides is 2. The van der Waals surface area contributed by atoms with Crippen molar-refractivity contribution in [3.05, 3.63) is 76.4 Å². The van der Waals surface area contributed by atoms with Gasteiger partial charge in [-0.1, -0.05) is 35.3 Å². The molecule has 0 aliphatic rings. The maximum Gasteiger partial charge on any atom is 0.411 e. The molecule has 196 valence electrons. The van der Waals surface area contributed by atoms with Crippen LogP contribution in [0.15, 0.2) is 54.9 Å². The number of nitrogens with zero attached hydrogens (tertiary/aromatic N) is 5. The summed E-state index contributed by atoms with van der Waals surface area (Å²) in [7, 11) is 1.28. The Morgan fingerprint density at radius 2 is 2.00 bits per heavy atom. The molecule has 0 saturated heterocycles. The highest BCUT2D eigenvalue weighted by atomic mass is 35.5. The molecule has 2 amide bonds. The second-order valence-electron chi connectivity index (χ2n) is 7.91. The fourth-order valence-corrected chi connectivity index (χ4v) is 4.00. The summed E-state index contributed by atoms with van der Waals surface area (Å²) in [5, 5.41) is 17.4. The van der Waals surface area contributed by atoms with Gasteiger partial charge in [0.25, 0.3) is 0 Å². The highest BCUT2D eigenvalue weighted by Gasteiger charge is 2.20. The van der Waals surface area contributed by atoms with Gasteiger partial charge in [-0.15, -0.1) is 5.10 Å². The number of aromatic nitrogens is 6. The van der Waals surface area contributed by atoms with Gasteiger partial charge in [0.2, 0.25) is 5.91 Å². The summed E-state index contributed by atoms with van der Waals surface area (Å²) in [6.45, 7) is 0.300. The first kappa shape index (κ1) is 26.8. The van der Waals surface area contributed by atoms with Crippen molar-refractivity contribution < 1.29 is 14.3 Å². The van der Waals surface area contributed by atoms with Crippen LogP contribution in [0.3, 0.4) is 0 Å². The molecule has 38 heavy (non-hydrogen) atoms. The van der Waals surface area contributed by atoms with Crippen molar-refractivity contribution in [1.82, 2.24) is 35.5 Å². The molecule has 1 unspecified atom stereocenters. The van der Waals surface area contributed by atoms with Crippen LogP contribution in [0, 0.1) is 0 Å². The normalized spacial score (nSPS) is 11.9. The largest absolute Gasteiger partial charge is 0.453 e. The van der Waals surface area contributed by atoms with Gasteiger partial charge in [0.1, 0.15) is 23.0 Å². The Balaban J connectivity index is 1.50. The molecule has 0 saturated carbocycles. The van der Waals surface area contributed by atoms with Crippen LogP contribution in [-0.2, 0) is 9.53 Å². The molecule has 0 fully saturated rings. The predicted molar refractivity (Wildman–Crippen MR) is 143 cm³/mol. The maximum absolute atomic E-state index is 12.8. The maximum atomic E-state index is 12.8. The first-order valence-electron chi connectivity index (χ1n) is 11.3. The van der Waals surface area contributed by atoms with Gasteiger partial charge < -0.3 is 20.8 Å². The van der Waals surface area contributed by atoms with Gasteiger partial charge in [0.05, 0.1) is 18.8 Å². The third kappa shape index (κ3) is 6.54. The second-order valence-corrected chi connectivity index (χ2v) is 8.72. The summed E-state index contributed by atoms with van der Waals surface area (Å²) >= 11 is 12.6. The fraction of sp³-hybridized carbons (Fsp3) is 0.167. The van der Waals surface area contributed by atoms with Gasteiger partial charge in [-0.2, -0.15) is 4.68 Å². The van der Waals surface area contributed by atoms with Gasteiger partial charge in [0, 0.05) is 27.9 Å². The highest BCUT2D eigenvalue weighted by molar-refractivity contribution is 6.32. The number of carbonyl (C=O) groups excluding carboxylic acids is 2. The summed E-state index contributed by atoms with van der Waals surface area (Å²) in [4.78, 5) is 31.9. The Bertz CT molecular complexity index is 1440. The van der Waals surface area contributed by atoms with E-state index in [1.807, 2.05) is 0 Å². The summed E-state index contributed by atoms with van der Waals surface area (Å²) in [6, 6.07) is 11.5. The smallest absolute Gasteiger partial charge is 0.411 e. The number of aromatic amines is 1. The molecule has 1 atom stereocenters. The highest BCUT2D eigenvalue weighted by Crippen LogP contribution is 2.29. The number of carbonyl (C=O) groups is 2. The summed E-state index contributed by atoms with van der Waals surface area (Å²) in [6.07, 6.45) is 4.27. The number of anilines is 1. The molecule has 0 aliphatic carbocycles. The number of rotatable bonds is 9. The minimum Gasteiger partial charge on any atom is -0.453 e. The molecule has 0 radical (unpaired) electrons. The number of nitrogens with one attached hydrogen (secondary N) is 3. The molecule has 5 N–H and O–H groups in total. The minimum atomic E-state index is -0.575. The van der Waals surface area contributed by atoms with Gasteiger partial charge in [0.15, 0.2) is 0 Å². The average Bonchev–Trinajstić information content (AvgIpc) is 3.58. The summed E-state index contributed by atoms with van der Waals surface area (Å²) in [5.74, 6) is 0.0736. The van der Waals surface area contributed by atoms with Crippen LogP contribution in [0.25, 0.3) is 23.0 Å². The third-order valence-corrected chi connectivity index (χ3v) is 5.88. The van der Waals surface area contributed by atoms with E-state index in [0.717, 1.165) is 0 Å². The van der Waals surface area contributed by atoms with Crippen LogP contribution in [0.4, 0.5) is 10.5 Å². The number of imidazole rings is 1. The van der Waals surface area contributed by atoms with Crippen molar-refractivity contribution in [2.45, 2.75) is 12.5 Å². The zero-order chi connectivity index (χ0) is 27.1. The van der Waals surface area contributed by atoms with Crippen LogP contribution in [0.1, 0.15) is 23.9 Å². The lowest BCUT2D eigenvalue weighted by Gasteiger charge is -2.14. The molecule has 4 rings (SSSR count). The number of benzene rings is 2. The van der Waals surface area contributed by atoms with Crippen molar-refractivity contribution >= 4 is 47.0 Å². The van der Waals surface area contributed by atoms with E-state index < -0.39 is 12.1 Å². The molecule has 0 bridgehead atoms. The lowest BCUT2D eigenvalue weighted by Crippen LogP contribution is -2.29. The first-order chi connectivity index (χ1) is 18.4. The van der Waals surface area contributed by atoms with Crippen LogP contribution in [0.5, 0.6) is 0 Å². The van der Waals surface area contributed by atoms with Crippen molar-refractivity contribution in [2.75, 3.05) is 19.0 Å². The minimum absolute atomic E-state index is 0.297. The molecule has 0 aliphatic heterocycles. The molecule has 14 heteroatoms. The van der Waals surface area contributed by atoms with E-state index in [2.05, 4.69) is 40.9 Å². The van der Waals surface area contributed by atoms with Crippen molar-refractivity contribution in [1.29, 1.82) is 0 Å². The van der Waals surface area contributed by atoms with Crippen LogP contribution in [-0.4, -0.2) is 55.8 Å². The quantitative estimate of drug-likeness (QED) is 0.226. The molecule has 0 spiro atoms. The Hall–Kier alpha value is -4.26. The Morgan fingerprint density at radius 1 is 1.21 bits per heavy atom. The molecule has 2 heterocycles. The molecule has 2 aromatic carbocycles. The van der Waals surface area contributed by atoms with E-state index in [1.165, 1.54) is 24.2 Å². The van der Waals surface area contributed by atoms with Crippen LogP contribution in [0.2, 0.25) is 10.2 Å². The number of H-pyrrole nitrogens is 1. The number of methoxy groups -OCH3 is 1. The molecular formula is C24H23Cl2N9O3. The number of hydrogen-bond acceptors (Lipinski definition) is 8. The van der Waals surface area contributed by atoms with Crippen LogP contribution < -0.4 is 16.4 Å². The molecule has 2 aromatic heterocycles. The van der Waals surface area contributed by atoms with Gasteiger partial charge >= 0.3 is 6.09 Å². The van der Waals surface area contributed by atoms with E-state index in [4.69, 9.17) is 28.9 Å².